The Kier molecular flexibility index (Phi) is 3.74. The van der Waals surface area contributed by atoms with E-state index in [0.717, 1.165) is 12.2 Å². The van der Waals surface area contributed by atoms with Gasteiger partial charge in [0.25, 0.3) is 0 Å². The zero-order valence-corrected chi connectivity index (χ0v) is 9.38. The van der Waals surface area contributed by atoms with Crippen LogP contribution in [0.3, 0.4) is 0 Å². The van der Waals surface area contributed by atoms with Gasteiger partial charge in [0, 0.05) is 16.6 Å². The molecule has 1 aliphatic rings. The summed E-state index contributed by atoms with van der Waals surface area (Å²) in [6, 6.07) is 0. The fraction of sp³-hybridized carbons (Fsp3) is 0.667. The lowest BCUT2D eigenvalue weighted by molar-refractivity contribution is -0.117. The minimum Gasteiger partial charge on any atom is -0.297 e. The molecule has 74 valence electrons. The van der Waals surface area contributed by atoms with E-state index in [1.807, 2.05) is 0 Å². The van der Waals surface area contributed by atoms with Gasteiger partial charge in [-0.1, -0.05) is 6.08 Å². The average molecular weight is 218 g/mol. The van der Waals surface area contributed by atoms with Gasteiger partial charge in [0.1, 0.15) is 0 Å². The van der Waals surface area contributed by atoms with Crippen LogP contribution >= 0.6 is 11.8 Å². The third-order valence-electron chi connectivity index (χ3n) is 2.13. The molecule has 13 heavy (non-hydrogen) atoms. The lowest BCUT2D eigenvalue weighted by atomic mass is 10.2. The maximum absolute atomic E-state index is 11.8. The number of Topliss-reactive ketones (excluding diaryl/α,β-unsaturated/α-hetero) is 1. The molecule has 1 rings (SSSR count). The van der Waals surface area contributed by atoms with Gasteiger partial charge in [-0.15, -0.1) is 18.3 Å². The van der Waals surface area contributed by atoms with Crippen molar-refractivity contribution in [1.82, 2.24) is 0 Å². The predicted octanol–water partition coefficient (Wildman–Crippen LogP) is 1.73. The molecule has 2 nitrogen and oxygen atoms in total. The normalized spacial score (nSPS) is 34.1. The Hall–Kier alpha value is -0.0900. The van der Waals surface area contributed by atoms with Crippen LogP contribution in [0.5, 0.6) is 0 Å². The highest BCUT2D eigenvalue weighted by Gasteiger charge is 2.42. The van der Waals surface area contributed by atoms with Gasteiger partial charge in [-0.05, 0) is 25.5 Å². The minimum absolute atomic E-state index is 0.0235. The van der Waals surface area contributed by atoms with E-state index >= 15 is 0 Å². The number of rotatable bonds is 3. The highest BCUT2D eigenvalue weighted by atomic mass is 32.2. The molecule has 4 heteroatoms. The van der Waals surface area contributed by atoms with Crippen molar-refractivity contribution in [3.63, 3.8) is 0 Å². The molecule has 0 radical (unpaired) electrons. The van der Waals surface area contributed by atoms with E-state index in [2.05, 4.69) is 6.58 Å². The van der Waals surface area contributed by atoms with E-state index in [1.165, 1.54) is 18.7 Å². The number of ketones is 1. The Balaban J connectivity index is 2.92. The van der Waals surface area contributed by atoms with E-state index < -0.39 is 14.9 Å². The van der Waals surface area contributed by atoms with Crippen molar-refractivity contribution in [2.24, 2.45) is 0 Å². The zero-order valence-electron chi connectivity index (χ0n) is 7.75. The number of allylic oxidation sites excluding steroid dienone is 1. The standard InChI is InChI=1S/C9H14O2S2/c1-3-5-9(8(2)10)12-6-4-7-13(9)11/h3H,1,4-7H2,2H3/t9-,13+/m0/s1. The van der Waals surface area contributed by atoms with Gasteiger partial charge >= 0.3 is 0 Å². The third-order valence-corrected chi connectivity index (χ3v) is 6.30. The maximum Gasteiger partial charge on any atom is 0.158 e. The molecule has 0 aromatic rings. The first-order valence-electron chi connectivity index (χ1n) is 4.28. The van der Waals surface area contributed by atoms with Crippen LogP contribution in [0, 0.1) is 0 Å². The van der Waals surface area contributed by atoms with Gasteiger partial charge < -0.3 is 0 Å². The molecule has 1 aliphatic heterocycles. The summed E-state index contributed by atoms with van der Waals surface area (Å²) in [5.41, 5.74) is 0. The summed E-state index contributed by atoms with van der Waals surface area (Å²) in [5.74, 6) is 1.61. The Morgan fingerprint density at radius 1 is 1.77 bits per heavy atom. The first-order valence-corrected chi connectivity index (χ1v) is 6.58. The van der Waals surface area contributed by atoms with Crippen molar-refractivity contribution < 1.29 is 9.00 Å². The molecule has 0 saturated carbocycles. The molecule has 0 N–H and O–H groups in total. The van der Waals surface area contributed by atoms with Crippen LogP contribution in [0.1, 0.15) is 19.8 Å². The number of carbonyl (C=O) groups is 1. The lowest BCUT2D eigenvalue weighted by Gasteiger charge is -2.32. The van der Waals surface area contributed by atoms with Gasteiger partial charge in [-0.2, -0.15) is 0 Å². The maximum atomic E-state index is 11.8. The molecule has 0 aliphatic carbocycles. The fourth-order valence-corrected chi connectivity index (χ4v) is 5.03. The summed E-state index contributed by atoms with van der Waals surface area (Å²) in [7, 11) is -1.02. The molecule has 0 unspecified atom stereocenters. The topological polar surface area (TPSA) is 34.1 Å². The number of thioether (sulfide) groups is 1. The number of hydrogen-bond acceptors (Lipinski definition) is 3. The molecule has 1 heterocycles. The van der Waals surface area contributed by atoms with Crippen LogP contribution in [-0.4, -0.2) is 25.6 Å². The summed E-state index contributed by atoms with van der Waals surface area (Å²) in [5, 5.41) is 0. The SMILES string of the molecule is C=CC[C@]1(C(C)=O)SCCC[S@]1=O. The van der Waals surface area contributed by atoms with E-state index in [0.29, 0.717) is 12.2 Å². The summed E-state index contributed by atoms with van der Waals surface area (Å²) in [6.45, 7) is 5.14. The Morgan fingerprint density at radius 3 is 2.92 bits per heavy atom. The van der Waals surface area contributed by atoms with E-state index in [-0.39, 0.29) is 5.78 Å². The highest BCUT2D eigenvalue weighted by molar-refractivity contribution is 8.14. The molecule has 1 saturated heterocycles. The van der Waals surface area contributed by atoms with E-state index in [9.17, 15) is 9.00 Å². The summed E-state index contributed by atoms with van der Waals surface area (Å²) in [4.78, 5) is 11.5. The monoisotopic (exact) mass is 218 g/mol. The molecular formula is C9H14O2S2. The van der Waals surface area contributed by atoms with Crippen LogP contribution in [0.4, 0.5) is 0 Å². The first-order chi connectivity index (χ1) is 6.13. The van der Waals surface area contributed by atoms with Crippen molar-refractivity contribution in [2.75, 3.05) is 11.5 Å². The summed E-state index contributed by atoms with van der Waals surface area (Å²) < 4.78 is 11.1. The summed E-state index contributed by atoms with van der Waals surface area (Å²) >= 11 is 1.53. The average Bonchev–Trinajstić information content (AvgIpc) is 2.09. The quantitative estimate of drug-likeness (QED) is 0.677. The lowest BCUT2D eigenvalue weighted by Crippen LogP contribution is -2.42. The van der Waals surface area contributed by atoms with Gasteiger partial charge in [0.2, 0.25) is 0 Å². The van der Waals surface area contributed by atoms with E-state index in [1.54, 1.807) is 6.08 Å². The zero-order chi connectivity index (χ0) is 9.90. The number of carbonyl (C=O) groups excluding carboxylic acids is 1. The highest BCUT2D eigenvalue weighted by Crippen LogP contribution is 2.38. The molecule has 0 aromatic heterocycles. The minimum atomic E-state index is -1.02. The third kappa shape index (κ3) is 2.05. The van der Waals surface area contributed by atoms with Crippen molar-refractivity contribution in [3.8, 4) is 0 Å². The molecule has 0 aromatic carbocycles. The first kappa shape index (κ1) is 11.0. The van der Waals surface area contributed by atoms with Crippen molar-refractivity contribution in [1.29, 1.82) is 0 Å². The molecule has 0 bridgehead atoms. The van der Waals surface area contributed by atoms with Crippen LogP contribution in [0.2, 0.25) is 0 Å². The van der Waals surface area contributed by atoms with Crippen LogP contribution in [0.25, 0.3) is 0 Å². The van der Waals surface area contributed by atoms with Crippen molar-refractivity contribution in [3.05, 3.63) is 12.7 Å². The Bertz CT molecular complexity index is 250. The second-order valence-corrected chi connectivity index (χ2v) is 6.50. The van der Waals surface area contributed by atoms with Crippen molar-refractivity contribution >= 4 is 28.3 Å². The van der Waals surface area contributed by atoms with Crippen LogP contribution < -0.4 is 0 Å². The van der Waals surface area contributed by atoms with Crippen LogP contribution in [-0.2, 0) is 15.6 Å². The summed E-state index contributed by atoms with van der Waals surface area (Å²) in [6.07, 6.45) is 3.17. The van der Waals surface area contributed by atoms with Crippen LogP contribution in [0.15, 0.2) is 12.7 Å². The fourth-order valence-electron chi connectivity index (χ4n) is 1.41. The van der Waals surface area contributed by atoms with Gasteiger partial charge in [-0.3, -0.25) is 9.00 Å². The van der Waals surface area contributed by atoms with E-state index in [4.69, 9.17) is 0 Å². The second kappa shape index (κ2) is 4.42. The second-order valence-electron chi connectivity index (χ2n) is 3.05. The van der Waals surface area contributed by atoms with Gasteiger partial charge in [0.15, 0.2) is 9.86 Å². The Morgan fingerprint density at radius 2 is 2.46 bits per heavy atom. The molecule has 2 atom stereocenters. The van der Waals surface area contributed by atoms with Crippen molar-refractivity contribution in [2.45, 2.75) is 23.8 Å². The molecule has 0 spiro atoms. The smallest absolute Gasteiger partial charge is 0.158 e. The largest absolute Gasteiger partial charge is 0.297 e. The molecular weight excluding hydrogens is 204 g/mol. The molecule has 0 amide bonds. The number of hydrogen-bond donors (Lipinski definition) is 0. The Labute approximate surface area is 85.6 Å². The molecule has 1 fully saturated rings. The van der Waals surface area contributed by atoms with Gasteiger partial charge in [-0.25, -0.2) is 0 Å². The van der Waals surface area contributed by atoms with Gasteiger partial charge in [0.05, 0.1) is 0 Å². The predicted molar refractivity (Wildman–Crippen MR) is 58.3 cm³/mol.